The molecule has 0 spiro atoms. The van der Waals surface area contributed by atoms with E-state index in [4.69, 9.17) is 4.42 Å². The van der Waals surface area contributed by atoms with E-state index in [1.165, 1.54) is 0 Å². The molecule has 1 radical (unpaired) electrons. The Labute approximate surface area is 98.1 Å². The van der Waals surface area contributed by atoms with E-state index >= 15 is 0 Å². The van der Waals surface area contributed by atoms with E-state index in [1.807, 2.05) is 42.5 Å². The van der Waals surface area contributed by atoms with Crippen LogP contribution in [0, 0.1) is 6.07 Å². The van der Waals surface area contributed by atoms with Crippen LogP contribution < -0.4 is 5.63 Å². The van der Waals surface area contributed by atoms with Gasteiger partial charge in [0.1, 0.15) is 5.58 Å². The van der Waals surface area contributed by atoms with E-state index < -0.39 is 0 Å². The minimum absolute atomic E-state index is 0.310. The van der Waals surface area contributed by atoms with Crippen molar-refractivity contribution in [3.05, 3.63) is 71.1 Å². The van der Waals surface area contributed by atoms with Crippen molar-refractivity contribution in [3.63, 3.8) is 0 Å². The third-order valence-corrected chi connectivity index (χ3v) is 2.66. The van der Waals surface area contributed by atoms with Gasteiger partial charge < -0.3 is 4.42 Å². The van der Waals surface area contributed by atoms with Crippen LogP contribution in [0.3, 0.4) is 0 Å². The highest BCUT2D eigenvalue weighted by Gasteiger charge is 2.06. The number of hydrogen-bond acceptors (Lipinski definition) is 2. The van der Waals surface area contributed by atoms with Gasteiger partial charge in [-0.25, -0.2) is 4.79 Å². The third-order valence-electron chi connectivity index (χ3n) is 2.66. The van der Waals surface area contributed by atoms with Gasteiger partial charge >= 0.3 is 5.63 Å². The zero-order chi connectivity index (χ0) is 11.7. The molecule has 0 aliphatic heterocycles. The zero-order valence-corrected chi connectivity index (χ0v) is 9.01. The molecular formula is C15H9O2. The van der Waals surface area contributed by atoms with Gasteiger partial charge in [0.2, 0.25) is 0 Å². The first kappa shape index (κ1) is 9.85. The third kappa shape index (κ3) is 1.74. The van der Waals surface area contributed by atoms with Crippen molar-refractivity contribution in [1.29, 1.82) is 0 Å². The van der Waals surface area contributed by atoms with E-state index in [0.29, 0.717) is 11.1 Å². The Morgan fingerprint density at radius 1 is 1.06 bits per heavy atom. The predicted molar refractivity (Wildman–Crippen MR) is 66.8 cm³/mol. The molecule has 0 atom stereocenters. The topological polar surface area (TPSA) is 30.2 Å². The highest BCUT2D eigenvalue weighted by Crippen LogP contribution is 2.20. The van der Waals surface area contributed by atoms with Gasteiger partial charge in [-0.05, 0) is 29.8 Å². The van der Waals surface area contributed by atoms with E-state index in [2.05, 4.69) is 6.07 Å². The van der Waals surface area contributed by atoms with Crippen LogP contribution in [0.1, 0.15) is 0 Å². The van der Waals surface area contributed by atoms with Crippen molar-refractivity contribution in [2.75, 3.05) is 0 Å². The van der Waals surface area contributed by atoms with Gasteiger partial charge in [-0.15, -0.1) is 0 Å². The predicted octanol–water partition coefficient (Wildman–Crippen LogP) is 3.26. The lowest BCUT2D eigenvalue weighted by Crippen LogP contribution is -2.02. The van der Waals surface area contributed by atoms with Crippen LogP contribution in [0.25, 0.3) is 22.1 Å². The molecule has 1 heterocycles. The van der Waals surface area contributed by atoms with Crippen molar-refractivity contribution in [2.45, 2.75) is 0 Å². The molecule has 17 heavy (non-hydrogen) atoms. The van der Waals surface area contributed by atoms with E-state index in [-0.39, 0.29) is 5.63 Å². The minimum atomic E-state index is -0.310. The van der Waals surface area contributed by atoms with Crippen LogP contribution in [0.4, 0.5) is 0 Å². The molecule has 0 aliphatic rings. The Kier molecular flexibility index (Phi) is 2.26. The average Bonchev–Trinajstić information content (AvgIpc) is 2.39. The summed E-state index contributed by atoms with van der Waals surface area (Å²) in [6.45, 7) is 0. The number of rotatable bonds is 1. The van der Waals surface area contributed by atoms with Gasteiger partial charge in [0.15, 0.2) is 0 Å². The molecule has 3 rings (SSSR count). The standard InChI is InChI=1S/C15H9O2/c16-15-13(11-6-2-1-3-7-11)10-12-8-4-5-9-14(12)17-15/h1-3,5-10H. The van der Waals surface area contributed by atoms with E-state index in [0.717, 1.165) is 10.9 Å². The molecule has 0 bridgehead atoms. The fourth-order valence-electron chi connectivity index (χ4n) is 1.82. The molecule has 2 nitrogen and oxygen atoms in total. The first-order chi connectivity index (χ1) is 8.34. The second-order valence-corrected chi connectivity index (χ2v) is 3.78. The molecule has 0 fully saturated rings. The summed E-state index contributed by atoms with van der Waals surface area (Å²) < 4.78 is 5.27. The van der Waals surface area contributed by atoms with Gasteiger partial charge in [0.25, 0.3) is 0 Å². The van der Waals surface area contributed by atoms with E-state index in [1.54, 1.807) is 12.1 Å². The summed E-state index contributed by atoms with van der Waals surface area (Å²) in [6, 6.07) is 19.6. The summed E-state index contributed by atoms with van der Waals surface area (Å²) in [6.07, 6.45) is 0. The Morgan fingerprint density at radius 3 is 2.71 bits per heavy atom. The lowest BCUT2D eigenvalue weighted by atomic mass is 10.1. The van der Waals surface area contributed by atoms with Crippen LogP contribution in [-0.4, -0.2) is 0 Å². The number of fused-ring (bicyclic) bond motifs is 1. The maximum Gasteiger partial charge on any atom is 0.344 e. The van der Waals surface area contributed by atoms with Crippen LogP contribution in [-0.2, 0) is 0 Å². The van der Waals surface area contributed by atoms with Crippen LogP contribution in [0.5, 0.6) is 0 Å². The highest BCUT2D eigenvalue weighted by atomic mass is 16.4. The molecule has 0 N–H and O–H groups in total. The fourth-order valence-corrected chi connectivity index (χ4v) is 1.82. The summed E-state index contributed by atoms with van der Waals surface area (Å²) in [5, 5.41) is 0.881. The summed E-state index contributed by atoms with van der Waals surface area (Å²) in [5.74, 6) is 0. The molecule has 0 aliphatic carbocycles. The summed E-state index contributed by atoms with van der Waals surface area (Å²) in [5.41, 5.74) is 1.73. The molecule has 1 aromatic heterocycles. The second-order valence-electron chi connectivity index (χ2n) is 3.78. The van der Waals surface area contributed by atoms with Crippen molar-refractivity contribution in [3.8, 4) is 11.1 Å². The van der Waals surface area contributed by atoms with Crippen LogP contribution in [0.2, 0.25) is 0 Å². The highest BCUT2D eigenvalue weighted by molar-refractivity contribution is 5.81. The number of benzene rings is 2. The maximum absolute atomic E-state index is 11.9. The van der Waals surface area contributed by atoms with Crippen molar-refractivity contribution in [1.82, 2.24) is 0 Å². The molecule has 0 unspecified atom stereocenters. The fraction of sp³-hybridized carbons (Fsp3) is 0. The van der Waals surface area contributed by atoms with Gasteiger partial charge in [-0.2, -0.15) is 0 Å². The Balaban J connectivity index is 2.31. The molecule has 0 saturated carbocycles. The van der Waals surface area contributed by atoms with Crippen LogP contribution >= 0.6 is 0 Å². The smallest absolute Gasteiger partial charge is 0.344 e. The normalized spacial score (nSPS) is 10.6. The largest absolute Gasteiger partial charge is 0.422 e. The Morgan fingerprint density at radius 2 is 1.88 bits per heavy atom. The summed E-state index contributed by atoms with van der Waals surface area (Å²) in [4.78, 5) is 11.9. The van der Waals surface area contributed by atoms with Gasteiger partial charge in [0.05, 0.1) is 5.56 Å². The van der Waals surface area contributed by atoms with Crippen molar-refractivity contribution in [2.24, 2.45) is 0 Å². The Hall–Kier alpha value is -2.35. The summed E-state index contributed by atoms with van der Waals surface area (Å²) in [7, 11) is 0. The van der Waals surface area contributed by atoms with Gasteiger partial charge in [-0.3, -0.25) is 0 Å². The maximum atomic E-state index is 11.9. The molecule has 81 valence electrons. The molecule has 0 amide bonds. The summed E-state index contributed by atoms with van der Waals surface area (Å²) >= 11 is 0. The second kappa shape index (κ2) is 3.91. The number of hydrogen-bond donors (Lipinski definition) is 0. The molecule has 0 saturated heterocycles. The zero-order valence-electron chi connectivity index (χ0n) is 9.01. The van der Waals surface area contributed by atoms with Crippen LogP contribution in [0.15, 0.2) is 63.8 Å². The average molecular weight is 221 g/mol. The lowest BCUT2D eigenvalue weighted by molar-refractivity contribution is 0.563. The monoisotopic (exact) mass is 221 g/mol. The van der Waals surface area contributed by atoms with Crippen molar-refractivity contribution >= 4 is 11.0 Å². The molecule has 2 aromatic carbocycles. The SMILES string of the molecule is O=c1oc2cc[c]cc2cc1-c1ccccc1. The van der Waals surface area contributed by atoms with Gasteiger partial charge in [0, 0.05) is 5.39 Å². The molecular weight excluding hydrogens is 212 g/mol. The molecule has 3 aromatic rings. The Bertz CT molecular complexity index is 712. The van der Waals surface area contributed by atoms with Gasteiger partial charge in [-0.1, -0.05) is 36.4 Å². The lowest BCUT2D eigenvalue weighted by Gasteiger charge is -2.01. The van der Waals surface area contributed by atoms with E-state index in [9.17, 15) is 4.79 Å². The first-order valence-electron chi connectivity index (χ1n) is 5.34. The molecule has 2 heteroatoms. The first-order valence-corrected chi connectivity index (χ1v) is 5.34. The quantitative estimate of drug-likeness (QED) is 0.590. The minimum Gasteiger partial charge on any atom is -0.422 e. The van der Waals surface area contributed by atoms with Crippen molar-refractivity contribution < 1.29 is 4.42 Å².